The maximum Gasteiger partial charge on any atom is 0.0869 e. The minimum absolute atomic E-state index is 0.474. The van der Waals surface area contributed by atoms with Crippen molar-refractivity contribution in [1.29, 1.82) is 0 Å². The zero-order valence-electron chi connectivity index (χ0n) is 8.33. The van der Waals surface area contributed by atoms with Crippen LogP contribution in [0.3, 0.4) is 0 Å². The van der Waals surface area contributed by atoms with Crippen molar-refractivity contribution in [3.05, 3.63) is 20.8 Å². The first-order valence-electron chi connectivity index (χ1n) is 4.92. The monoisotopic (exact) mass is 307 g/mol. The van der Waals surface area contributed by atoms with Crippen molar-refractivity contribution in [2.75, 3.05) is 18.1 Å². The van der Waals surface area contributed by atoms with Gasteiger partial charge in [0.25, 0.3) is 0 Å². The predicted molar refractivity (Wildman–Crippen MR) is 70.6 cm³/mol. The highest BCUT2D eigenvalue weighted by molar-refractivity contribution is 9.11. The van der Waals surface area contributed by atoms with Crippen molar-refractivity contribution in [1.82, 2.24) is 5.32 Å². The second kappa shape index (κ2) is 5.19. The minimum Gasteiger partial charge on any atom is -0.388 e. The molecule has 2 nitrogen and oxygen atoms in total. The Morgan fingerprint density at radius 3 is 3.07 bits per heavy atom. The Morgan fingerprint density at radius 2 is 2.47 bits per heavy atom. The van der Waals surface area contributed by atoms with Crippen LogP contribution in [0, 0.1) is 0 Å². The lowest BCUT2D eigenvalue weighted by Crippen LogP contribution is -2.40. The van der Waals surface area contributed by atoms with Crippen molar-refractivity contribution in [3.63, 3.8) is 0 Å². The van der Waals surface area contributed by atoms with Crippen LogP contribution in [0.4, 0.5) is 0 Å². The molecule has 84 valence electrons. The van der Waals surface area contributed by atoms with Gasteiger partial charge < -0.3 is 10.4 Å². The molecule has 0 spiro atoms. The third-order valence-corrected chi connectivity index (χ3v) is 5.27. The third-order valence-electron chi connectivity index (χ3n) is 2.49. The summed E-state index contributed by atoms with van der Waals surface area (Å²) in [5, 5.41) is 15.5. The Bertz CT molecular complexity index is 323. The van der Waals surface area contributed by atoms with Gasteiger partial charge in [-0.2, -0.15) is 11.8 Å². The van der Waals surface area contributed by atoms with Crippen LogP contribution in [0.15, 0.2) is 15.2 Å². The normalized spacial score (nSPS) is 26.0. The minimum atomic E-state index is -0.474. The number of thiophene rings is 1. The first kappa shape index (κ1) is 11.9. The van der Waals surface area contributed by atoms with Gasteiger partial charge in [0, 0.05) is 18.8 Å². The number of rotatable bonds is 4. The molecule has 2 N–H and O–H groups in total. The van der Waals surface area contributed by atoms with Crippen LogP contribution in [-0.4, -0.2) is 28.8 Å². The van der Waals surface area contributed by atoms with E-state index in [4.69, 9.17) is 0 Å². The van der Waals surface area contributed by atoms with E-state index < -0.39 is 5.60 Å². The standard InChI is InChI=1S/C10H14BrNOS2/c11-9-3-8(5-15-9)4-12-6-10(13)1-2-14-7-10/h3,5,12-13H,1-2,4,6-7H2. The molecule has 0 radical (unpaired) electrons. The number of halogens is 1. The zero-order chi connectivity index (χ0) is 10.7. The highest BCUT2D eigenvalue weighted by Gasteiger charge is 2.30. The van der Waals surface area contributed by atoms with Crippen molar-refractivity contribution >= 4 is 39.0 Å². The molecule has 1 aliphatic heterocycles. The molecule has 1 aromatic heterocycles. The number of thioether (sulfide) groups is 1. The molecule has 1 atom stereocenters. The van der Waals surface area contributed by atoms with Gasteiger partial charge in [-0.25, -0.2) is 0 Å². The summed E-state index contributed by atoms with van der Waals surface area (Å²) in [6.45, 7) is 1.54. The average molecular weight is 308 g/mol. The van der Waals surface area contributed by atoms with Crippen molar-refractivity contribution in [2.45, 2.75) is 18.6 Å². The van der Waals surface area contributed by atoms with Crippen LogP contribution in [0.25, 0.3) is 0 Å². The third kappa shape index (κ3) is 3.46. The SMILES string of the molecule is OC1(CNCc2csc(Br)c2)CCSC1. The molecular formula is C10H14BrNOS2. The molecule has 0 saturated carbocycles. The molecular weight excluding hydrogens is 294 g/mol. The molecule has 5 heteroatoms. The molecule has 1 aromatic rings. The van der Waals surface area contributed by atoms with Gasteiger partial charge in [-0.05, 0) is 45.1 Å². The summed E-state index contributed by atoms with van der Waals surface area (Å²) in [4.78, 5) is 0. The smallest absolute Gasteiger partial charge is 0.0869 e. The van der Waals surface area contributed by atoms with Gasteiger partial charge in [-0.15, -0.1) is 11.3 Å². The molecule has 0 aromatic carbocycles. The van der Waals surface area contributed by atoms with Crippen LogP contribution >= 0.6 is 39.0 Å². The molecule has 2 rings (SSSR count). The Labute approximate surface area is 107 Å². The molecule has 0 aliphatic carbocycles. The fourth-order valence-electron chi connectivity index (χ4n) is 1.61. The molecule has 15 heavy (non-hydrogen) atoms. The zero-order valence-corrected chi connectivity index (χ0v) is 11.6. The first-order valence-corrected chi connectivity index (χ1v) is 7.74. The van der Waals surface area contributed by atoms with Gasteiger partial charge >= 0.3 is 0 Å². The summed E-state index contributed by atoms with van der Waals surface area (Å²) < 4.78 is 1.16. The van der Waals surface area contributed by atoms with Crippen LogP contribution in [0.2, 0.25) is 0 Å². The summed E-state index contributed by atoms with van der Waals surface area (Å²) in [5.41, 5.74) is 0.805. The van der Waals surface area contributed by atoms with Gasteiger partial charge in [-0.3, -0.25) is 0 Å². The quantitative estimate of drug-likeness (QED) is 0.896. The van der Waals surface area contributed by atoms with E-state index in [1.54, 1.807) is 11.3 Å². The fraction of sp³-hybridized carbons (Fsp3) is 0.600. The lowest BCUT2D eigenvalue weighted by Gasteiger charge is -2.21. The van der Waals surface area contributed by atoms with E-state index in [0.29, 0.717) is 6.54 Å². The molecule has 1 saturated heterocycles. The topological polar surface area (TPSA) is 32.3 Å². The highest BCUT2D eigenvalue weighted by atomic mass is 79.9. The van der Waals surface area contributed by atoms with Gasteiger partial charge in [0.05, 0.1) is 9.39 Å². The van der Waals surface area contributed by atoms with E-state index >= 15 is 0 Å². The van der Waals surface area contributed by atoms with Crippen LogP contribution in [0.5, 0.6) is 0 Å². The van der Waals surface area contributed by atoms with Gasteiger partial charge in [0.15, 0.2) is 0 Å². The Hall–Kier alpha value is 0.450. The highest BCUT2D eigenvalue weighted by Crippen LogP contribution is 2.27. The van der Waals surface area contributed by atoms with Gasteiger partial charge in [0.1, 0.15) is 0 Å². The summed E-state index contributed by atoms with van der Waals surface area (Å²) in [5.74, 6) is 1.95. The van der Waals surface area contributed by atoms with Crippen molar-refractivity contribution in [2.24, 2.45) is 0 Å². The van der Waals surface area contributed by atoms with E-state index in [-0.39, 0.29) is 0 Å². The van der Waals surface area contributed by atoms with Crippen molar-refractivity contribution < 1.29 is 5.11 Å². The predicted octanol–water partition coefficient (Wildman–Crippen LogP) is 2.47. The lowest BCUT2D eigenvalue weighted by atomic mass is 10.0. The van der Waals surface area contributed by atoms with E-state index in [2.05, 4.69) is 32.7 Å². The maximum absolute atomic E-state index is 10.1. The van der Waals surface area contributed by atoms with Gasteiger partial charge in [0.2, 0.25) is 0 Å². The van der Waals surface area contributed by atoms with Crippen LogP contribution < -0.4 is 5.32 Å². The van der Waals surface area contributed by atoms with Crippen molar-refractivity contribution in [3.8, 4) is 0 Å². The second-order valence-electron chi connectivity index (χ2n) is 3.89. The maximum atomic E-state index is 10.1. The average Bonchev–Trinajstić information content (AvgIpc) is 2.76. The van der Waals surface area contributed by atoms with Crippen LogP contribution in [-0.2, 0) is 6.54 Å². The summed E-state index contributed by atoms with van der Waals surface area (Å²) in [6, 6.07) is 2.12. The fourth-order valence-corrected chi connectivity index (χ4v) is 4.12. The molecule has 2 heterocycles. The number of hydrogen-bond donors (Lipinski definition) is 2. The molecule has 1 aliphatic rings. The molecule has 1 fully saturated rings. The Kier molecular flexibility index (Phi) is 4.12. The number of aliphatic hydroxyl groups is 1. The van der Waals surface area contributed by atoms with Gasteiger partial charge in [-0.1, -0.05) is 0 Å². The summed E-state index contributed by atoms with van der Waals surface area (Å²) >= 11 is 6.97. The number of nitrogens with one attached hydrogen (secondary N) is 1. The molecule has 0 amide bonds. The van der Waals surface area contributed by atoms with E-state index in [1.807, 2.05) is 11.8 Å². The van der Waals surface area contributed by atoms with E-state index in [1.165, 1.54) is 5.56 Å². The lowest BCUT2D eigenvalue weighted by molar-refractivity contribution is 0.0675. The van der Waals surface area contributed by atoms with E-state index in [9.17, 15) is 5.11 Å². The Balaban J connectivity index is 1.75. The summed E-state index contributed by atoms with van der Waals surface area (Å²) in [6.07, 6.45) is 0.915. The molecule has 0 bridgehead atoms. The Morgan fingerprint density at radius 1 is 1.60 bits per heavy atom. The first-order chi connectivity index (χ1) is 7.18. The molecule has 1 unspecified atom stereocenters. The van der Waals surface area contributed by atoms with E-state index in [0.717, 1.165) is 28.3 Å². The number of hydrogen-bond acceptors (Lipinski definition) is 4. The second-order valence-corrected chi connectivity index (χ2v) is 7.29. The summed E-state index contributed by atoms with van der Waals surface area (Å²) in [7, 11) is 0. The largest absolute Gasteiger partial charge is 0.388 e. The van der Waals surface area contributed by atoms with Crippen LogP contribution in [0.1, 0.15) is 12.0 Å².